The summed E-state index contributed by atoms with van der Waals surface area (Å²) in [6.45, 7) is 0.684. The van der Waals surface area contributed by atoms with Gasteiger partial charge in [-0.05, 0) is 54.3 Å². The van der Waals surface area contributed by atoms with Crippen LogP contribution in [0.25, 0.3) is 28.0 Å². The van der Waals surface area contributed by atoms with Crippen LogP contribution in [-0.4, -0.2) is 26.3 Å². The van der Waals surface area contributed by atoms with Crippen LogP contribution in [0.3, 0.4) is 0 Å². The Labute approximate surface area is 182 Å². The third kappa shape index (κ3) is 3.85. The number of anilines is 2. The van der Waals surface area contributed by atoms with E-state index in [9.17, 15) is 4.39 Å². The third-order valence-electron chi connectivity index (χ3n) is 4.92. The van der Waals surface area contributed by atoms with Crippen LogP contribution in [0, 0.1) is 5.82 Å². The highest BCUT2D eigenvalue weighted by Gasteiger charge is 2.19. The molecular weight excluding hydrogens is 411 g/mol. The monoisotopic (exact) mass is 430 g/mol. The minimum absolute atomic E-state index is 0.309. The van der Waals surface area contributed by atoms with Crippen molar-refractivity contribution < 1.29 is 4.39 Å². The average molecular weight is 431 g/mol. The number of nitrogens with two attached hydrogens (primary N) is 1. The summed E-state index contributed by atoms with van der Waals surface area (Å²) in [5.41, 5.74) is 9.15. The van der Waals surface area contributed by atoms with E-state index >= 15 is 0 Å². The van der Waals surface area contributed by atoms with Crippen LogP contribution >= 0.6 is 11.3 Å². The lowest BCUT2D eigenvalue weighted by Gasteiger charge is -2.08. The molecule has 6 nitrogen and oxygen atoms in total. The zero-order chi connectivity index (χ0) is 21.2. The fraction of sp³-hybridized carbons (Fsp3) is 0.0870. The van der Waals surface area contributed by atoms with E-state index < -0.39 is 0 Å². The Morgan fingerprint density at radius 3 is 2.52 bits per heavy atom. The second kappa shape index (κ2) is 8.16. The molecule has 0 spiro atoms. The van der Waals surface area contributed by atoms with Crippen molar-refractivity contribution in [1.82, 2.24) is 19.7 Å². The van der Waals surface area contributed by atoms with E-state index in [1.54, 1.807) is 28.2 Å². The summed E-state index contributed by atoms with van der Waals surface area (Å²) in [6, 6.07) is 19.9. The van der Waals surface area contributed by atoms with Gasteiger partial charge in [0.15, 0.2) is 5.65 Å². The maximum atomic E-state index is 13.5. The van der Waals surface area contributed by atoms with Gasteiger partial charge in [0, 0.05) is 17.0 Å². The fourth-order valence-electron chi connectivity index (χ4n) is 3.43. The van der Waals surface area contributed by atoms with Gasteiger partial charge < -0.3 is 11.1 Å². The van der Waals surface area contributed by atoms with Crippen molar-refractivity contribution in [2.24, 2.45) is 0 Å². The molecule has 0 aliphatic carbocycles. The topological polar surface area (TPSA) is 81.7 Å². The largest absolute Gasteiger partial charge is 0.383 e. The lowest BCUT2D eigenvalue weighted by molar-refractivity contribution is 0.628. The van der Waals surface area contributed by atoms with Gasteiger partial charge in [0.1, 0.15) is 11.6 Å². The molecule has 0 saturated carbocycles. The van der Waals surface area contributed by atoms with Crippen molar-refractivity contribution in [2.75, 3.05) is 17.6 Å². The molecule has 0 unspecified atom stereocenters. The number of aromatic nitrogens is 4. The van der Waals surface area contributed by atoms with Gasteiger partial charge in [0.05, 0.1) is 16.8 Å². The van der Waals surface area contributed by atoms with Crippen molar-refractivity contribution >= 4 is 34.1 Å². The molecule has 0 aliphatic heterocycles. The Hall–Kier alpha value is -3.78. The highest BCUT2D eigenvalue weighted by Crippen LogP contribution is 2.32. The summed E-state index contributed by atoms with van der Waals surface area (Å²) in [7, 11) is 0. The van der Waals surface area contributed by atoms with Crippen molar-refractivity contribution in [3.63, 3.8) is 0 Å². The van der Waals surface area contributed by atoms with Crippen LogP contribution in [-0.2, 0) is 6.42 Å². The first-order valence-corrected chi connectivity index (χ1v) is 10.7. The number of benzene rings is 2. The third-order valence-corrected chi connectivity index (χ3v) is 5.86. The number of hydrogen-bond donors (Lipinski definition) is 2. The molecule has 2 aromatic carbocycles. The van der Waals surface area contributed by atoms with E-state index in [2.05, 4.69) is 26.8 Å². The van der Waals surface area contributed by atoms with Crippen LogP contribution in [0.5, 0.6) is 0 Å². The number of fused-ring (bicyclic) bond motifs is 1. The molecule has 0 fully saturated rings. The summed E-state index contributed by atoms with van der Waals surface area (Å²) in [6.07, 6.45) is 0.867. The van der Waals surface area contributed by atoms with Gasteiger partial charge >= 0.3 is 0 Å². The number of nitrogen functional groups attached to an aromatic ring is 1. The van der Waals surface area contributed by atoms with Gasteiger partial charge in [0.25, 0.3) is 0 Å². The number of halogens is 1. The maximum absolute atomic E-state index is 13.5. The molecule has 0 radical (unpaired) electrons. The number of rotatable bonds is 6. The van der Waals surface area contributed by atoms with Gasteiger partial charge in [-0.3, -0.25) is 0 Å². The Bertz CT molecular complexity index is 1310. The van der Waals surface area contributed by atoms with Gasteiger partial charge in [-0.1, -0.05) is 24.3 Å². The number of para-hydroxylation sites is 1. The fourth-order valence-corrected chi connectivity index (χ4v) is 4.13. The Kier molecular flexibility index (Phi) is 5.05. The molecule has 0 amide bonds. The lowest BCUT2D eigenvalue weighted by atomic mass is 10.1. The minimum atomic E-state index is -0.309. The Balaban J connectivity index is 1.59. The average Bonchev–Trinajstić information content (AvgIpc) is 3.43. The quantitative estimate of drug-likeness (QED) is 0.400. The Morgan fingerprint density at radius 1 is 0.968 bits per heavy atom. The van der Waals surface area contributed by atoms with Gasteiger partial charge in [-0.15, -0.1) is 16.4 Å². The standard InChI is InChI=1S/C23H19FN6S/c24-16-10-8-15(9-11-16)20-19-21(25)30(17-5-2-1-3-6-17)29-22(19)28-23(27-20)26-13-12-18-7-4-14-31-18/h1-11,14H,12-13,25H2,(H,26,28,29). The zero-order valence-electron chi connectivity index (χ0n) is 16.5. The lowest BCUT2D eigenvalue weighted by Crippen LogP contribution is -2.08. The molecule has 154 valence electrons. The summed E-state index contributed by atoms with van der Waals surface area (Å²) in [4.78, 5) is 10.6. The highest BCUT2D eigenvalue weighted by molar-refractivity contribution is 7.09. The summed E-state index contributed by atoms with van der Waals surface area (Å²) < 4.78 is 15.2. The molecular formula is C23H19FN6S. The highest BCUT2D eigenvalue weighted by atomic mass is 32.1. The molecule has 31 heavy (non-hydrogen) atoms. The molecule has 3 N–H and O–H groups in total. The molecule has 3 aromatic heterocycles. The molecule has 5 aromatic rings. The van der Waals surface area contributed by atoms with Crippen LogP contribution < -0.4 is 11.1 Å². The van der Waals surface area contributed by atoms with Crippen molar-refractivity contribution in [2.45, 2.75) is 6.42 Å². The van der Waals surface area contributed by atoms with Crippen LogP contribution in [0.15, 0.2) is 72.1 Å². The first-order valence-electron chi connectivity index (χ1n) is 9.83. The molecule has 0 atom stereocenters. The smallest absolute Gasteiger partial charge is 0.225 e. The maximum Gasteiger partial charge on any atom is 0.225 e. The van der Waals surface area contributed by atoms with Crippen LogP contribution in [0.1, 0.15) is 4.88 Å². The molecule has 8 heteroatoms. The van der Waals surface area contributed by atoms with Crippen molar-refractivity contribution in [3.05, 3.63) is 82.8 Å². The normalized spacial score (nSPS) is 11.1. The number of hydrogen-bond acceptors (Lipinski definition) is 6. The second-order valence-corrected chi connectivity index (χ2v) is 8.02. The second-order valence-electron chi connectivity index (χ2n) is 6.99. The van der Waals surface area contributed by atoms with E-state index in [0.29, 0.717) is 35.0 Å². The first-order chi connectivity index (χ1) is 15.2. The predicted octanol–water partition coefficient (Wildman–Crippen LogP) is 4.92. The number of thiophene rings is 1. The van der Waals surface area contributed by atoms with Crippen molar-refractivity contribution in [3.8, 4) is 16.9 Å². The number of nitrogens with one attached hydrogen (secondary N) is 1. The van der Waals surface area contributed by atoms with E-state index in [1.807, 2.05) is 36.4 Å². The van der Waals surface area contributed by atoms with Crippen LogP contribution in [0.4, 0.5) is 16.2 Å². The first kappa shape index (κ1) is 19.2. The SMILES string of the molecule is Nc1c2c(-c3ccc(F)cc3)nc(NCCc3cccs3)nc2nn1-c1ccccc1. The van der Waals surface area contributed by atoms with E-state index in [-0.39, 0.29) is 5.82 Å². The number of nitrogens with zero attached hydrogens (tertiary/aromatic N) is 4. The summed E-state index contributed by atoms with van der Waals surface area (Å²) in [5.74, 6) is 0.586. The summed E-state index contributed by atoms with van der Waals surface area (Å²) in [5, 5.41) is 10.6. The minimum Gasteiger partial charge on any atom is -0.383 e. The van der Waals surface area contributed by atoms with Gasteiger partial charge in [-0.25, -0.2) is 14.1 Å². The Morgan fingerprint density at radius 2 is 1.77 bits per heavy atom. The van der Waals surface area contributed by atoms with E-state index in [0.717, 1.165) is 17.7 Å². The van der Waals surface area contributed by atoms with Gasteiger partial charge in [-0.2, -0.15) is 4.98 Å². The van der Waals surface area contributed by atoms with E-state index in [1.165, 1.54) is 17.0 Å². The molecule has 5 rings (SSSR count). The summed E-state index contributed by atoms with van der Waals surface area (Å²) >= 11 is 1.72. The molecule has 0 saturated heterocycles. The molecule has 3 heterocycles. The van der Waals surface area contributed by atoms with Crippen LogP contribution in [0.2, 0.25) is 0 Å². The van der Waals surface area contributed by atoms with E-state index in [4.69, 9.17) is 10.7 Å². The zero-order valence-corrected chi connectivity index (χ0v) is 17.3. The van der Waals surface area contributed by atoms with Crippen molar-refractivity contribution in [1.29, 1.82) is 0 Å². The predicted molar refractivity (Wildman–Crippen MR) is 123 cm³/mol. The molecule has 0 aliphatic rings. The molecule has 0 bridgehead atoms. The van der Waals surface area contributed by atoms with Gasteiger partial charge in [0.2, 0.25) is 5.95 Å².